The first-order valence-corrected chi connectivity index (χ1v) is 5.68. The van der Waals surface area contributed by atoms with E-state index in [0.29, 0.717) is 18.7 Å². The van der Waals surface area contributed by atoms with E-state index < -0.39 is 0 Å². The Hall–Kier alpha value is -0.640. The van der Waals surface area contributed by atoms with Crippen LogP contribution < -0.4 is 5.73 Å². The van der Waals surface area contributed by atoms with Gasteiger partial charge in [-0.15, -0.1) is 0 Å². The molecule has 0 heterocycles. The molecule has 88 valence electrons. The highest BCUT2D eigenvalue weighted by atomic mass is 35.5. The molecule has 0 aromatic heterocycles. The summed E-state index contributed by atoms with van der Waals surface area (Å²) in [5.41, 5.74) is 7.06. The van der Waals surface area contributed by atoms with Crippen LogP contribution in [0.4, 0.5) is 4.39 Å². The summed E-state index contributed by atoms with van der Waals surface area (Å²) in [5, 5.41) is 0.157. The third-order valence-corrected chi connectivity index (χ3v) is 3.49. The largest absolute Gasteiger partial charge is 0.380 e. The number of ether oxygens (including phenoxy) is 1. The van der Waals surface area contributed by atoms with Gasteiger partial charge in [-0.05, 0) is 36.1 Å². The Bertz CT molecular complexity index is 404. The van der Waals surface area contributed by atoms with Gasteiger partial charge in [0, 0.05) is 19.1 Å². The predicted octanol–water partition coefficient (Wildman–Crippen LogP) is 2.62. The highest BCUT2D eigenvalue weighted by Gasteiger charge is 2.45. The van der Waals surface area contributed by atoms with Gasteiger partial charge in [0.2, 0.25) is 0 Å². The van der Waals surface area contributed by atoms with Crippen LogP contribution in [0, 0.1) is 5.82 Å². The van der Waals surface area contributed by atoms with Gasteiger partial charge in [0.1, 0.15) is 5.82 Å². The Morgan fingerprint density at radius 3 is 2.69 bits per heavy atom. The molecule has 4 heteroatoms. The van der Waals surface area contributed by atoms with E-state index in [1.165, 1.54) is 0 Å². The quantitative estimate of drug-likeness (QED) is 0.882. The molecule has 0 bridgehead atoms. The molecule has 1 aliphatic rings. The zero-order valence-electron chi connectivity index (χ0n) is 9.22. The lowest BCUT2D eigenvalue weighted by Crippen LogP contribution is -2.21. The van der Waals surface area contributed by atoms with E-state index in [-0.39, 0.29) is 16.3 Å². The number of hydrogen-bond acceptors (Lipinski definition) is 2. The molecule has 0 spiro atoms. The second-order valence-electron chi connectivity index (χ2n) is 4.36. The minimum atomic E-state index is -0.329. The highest BCUT2D eigenvalue weighted by molar-refractivity contribution is 6.30. The zero-order valence-corrected chi connectivity index (χ0v) is 9.98. The summed E-state index contributed by atoms with van der Waals surface area (Å²) in [6.07, 6.45) is 1.88. The van der Waals surface area contributed by atoms with Gasteiger partial charge < -0.3 is 10.5 Å². The Kier molecular flexibility index (Phi) is 3.19. The Morgan fingerprint density at radius 2 is 2.19 bits per heavy atom. The van der Waals surface area contributed by atoms with Crippen molar-refractivity contribution in [1.29, 1.82) is 0 Å². The SMILES string of the molecule is COCc1cc(Cl)c(F)c(C2(CN)CC2)c1. The van der Waals surface area contributed by atoms with E-state index in [4.69, 9.17) is 22.1 Å². The summed E-state index contributed by atoms with van der Waals surface area (Å²) in [4.78, 5) is 0. The molecule has 0 saturated heterocycles. The fourth-order valence-corrected chi connectivity index (χ4v) is 2.26. The molecule has 1 aliphatic carbocycles. The topological polar surface area (TPSA) is 35.2 Å². The Morgan fingerprint density at radius 1 is 1.50 bits per heavy atom. The molecule has 0 aliphatic heterocycles. The fourth-order valence-electron chi connectivity index (χ4n) is 2.02. The first-order chi connectivity index (χ1) is 7.63. The molecule has 2 N–H and O–H groups in total. The van der Waals surface area contributed by atoms with Crippen LogP contribution in [0.25, 0.3) is 0 Å². The lowest BCUT2D eigenvalue weighted by Gasteiger charge is -2.16. The van der Waals surface area contributed by atoms with Crippen LogP contribution in [0.5, 0.6) is 0 Å². The standard InChI is InChI=1S/C12H15ClFNO/c1-16-6-8-4-9(11(14)10(13)5-8)12(7-15)2-3-12/h4-5H,2-3,6-7,15H2,1H3. The van der Waals surface area contributed by atoms with Crippen molar-refractivity contribution in [3.05, 3.63) is 34.1 Å². The maximum Gasteiger partial charge on any atom is 0.145 e. The zero-order chi connectivity index (χ0) is 11.8. The van der Waals surface area contributed by atoms with E-state index in [1.54, 1.807) is 13.2 Å². The predicted molar refractivity (Wildman–Crippen MR) is 62.1 cm³/mol. The number of rotatable bonds is 4. The van der Waals surface area contributed by atoms with Crippen molar-refractivity contribution < 1.29 is 9.13 Å². The van der Waals surface area contributed by atoms with E-state index >= 15 is 0 Å². The number of hydrogen-bond donors (Lipinski definition) is 1. The normalized spacial score (nSPS) is 17.5. The van der Waals surface area contributed by atoms with Gasteiger partial charge in [0.15, 0.2) is 0 Å². The van der Waals surface area contributed by atoms with Gasteiger partial charge in [-0.25, -0.2) is 4.39 Å². The van der Waals surface area contributed by atoms with Gasteiger partial charge in [0.25, 0.3) is 0 Å². The van der Waals surface area contributed by atoms with Crippen LogP contribution in [0.15, 0.2) is 12.1 Å². The van der Waals surface area contributed by atoms with Crippen molar-refractivity contribution in [2.75, 3.05) is 13.7 Å². The van der Waals surface area contributed by atoms with E-state index in [9.17, 15) is 4.39 Å². The summed E-state index contributed by atoms with van der Waals surface area (Å²) in [6, 6.07) is 3.43. The van der Waals surface area contributed by atoms with Crippen LogP contribution in [-0.4, -0.2) is 13.7 Å². The lowest BCUT2D eigenvalue weighted by atomic mass is 9.94. The monoisotopic (exact) mass is 243 g/mol. The van der Waals surface area contributed by atoms with Crippen molar-refractivity contribution in [2.24, 2.45) is 5.73 Å². The molecule has 0 unspecified atom stereocenters. The molecule has 0 radical (unpaired) electrons. The first-order valence-electron chi connectivity index (χ1n) is 5.30. The van der Waals surface area contributed by atoms with Crippen LogP contribution in [-0.2, 0) is 16.8 Å². The van der Waals surface area contributed by atoms with Crippen LogP contribution in [0.3, 0.4) is 0 Å². The second-order valence-corrected chi connectivity index (χ2v) is 4.76. The maximum atomic E-state index is 13.9. The van der Waals surface area contributed by atoms with E-state index in [0.717, 1.165) is 18.4 Å². The molecule has 1 saturated carbocycles. The van der Waals surface area contributed by atoms with Crippen LogP contribution >= 0.6 is 11.6 Å². The molecule has 16 heavy (non-hydrogen) atoms. The van der Waals surface area contributed by atoms with Gasteiger partial charge >= 0.3 is 0 Å². The molecule has 1 aromatic carbocycles. The van der Waals surface area contributed by atoms with E-state index in [2.05, 4.69) is 0 Å². The van der Waals surface area contributed by atoms with Crippen molar-refractivity contribution >= 4 is 11.6 Å². The van der Waals surface area contributed by atoms with E-state index in [1.807, 2.05) is 6.07 Å². The van der Waals surface area contributed by atoms with Gasteiger partial charge in [-0.2, -0.15) is 0 Å². The van der Waals surface area contributed by atoms with Gasteiger partial charge in [-0.1, -0.05) is 11.6 Å². The minimum absolute atomic E-state index is 0.157. The Balaban J connectivity index is 2.43. The average Bonchev–Trinajstić information content (AvgIpc) is 3.04. The lowest BCUT2D eigenvalue weighted by molar-refractivity contribution is 0.184. The summed E-state index contributed by atoms with van der Waals surface area (Å²) in [7, 11) is 1.60. The first kappa shape index (κ1) is 11.8. The molecule has 2 nitrogen and oxygen atoms in total. The van der Waals surface area contributed by atoms with Gasteiger partial charge in [-0.3, -0.25) is 0 Å². The summed E-state index contributed by atoms with van der Waals surface area (Å²) < 4.78 is 18.9. The minimum Gasteiger partial charge on any atom is -0.380 e. The fraction of sp³-hybridized carbons (Fsp3) is 0.500. The third-order valence-electron chi connectivity index (χ3n) is 3.21. The molecular formula is C12H15ClFNO. The molecule has 0 amide bonds. The number of halogens is 2. The summed E-state index contributed by atoms with van der Waals surface area (Å²) in [5.74, 6) is -0.329. The summed E-state index contributed by atoms with van der Waals surface area (Å²) in [6.45, 7) is 0.907. The van der Waals surface area contributed by atoms with Crippen molar-refractivity contribution in [3.8, 4) is 0 Å². The average molecular weight is 244 g/mol. The van der Waals surface area contributed by atoms with Gasteiger partial charge in [0.05, 0.1) is 11.6 Å². The number of benzene rings is 1. The number of methoxy groups -OCH3 is 1. The molecule has 2 rings (SSSR count). The number of nitrogens with two attached hydrogens (primary N) is 1. The van der Waals surface area contributed by atoms with Crippen LogP contribution in [0.2, 0.25) is 5.02 Å². The van der Waals surface area contributed by atoms with Crippen molar-refractivity contribution in [3.63, 3.8) is 0 Å². The Labute approximate surface area is 99.5 Å². The maximum absolute atomic E-state index is 13.9. The highest BCUT2D eigenvalue weighted by Crippen LogP contribution is 2.49. The smallest absolute Gasteiger partial charge is 0.145 e. The van der Waals surface area contributed by atoms with Crippen molar-refractivity contribution in [2.45, 2.75) is 24.9 Å². The van der Waals surface area contributed by atoms with Crippen LogP contribution in [0.1, 0.15) is 24.0 Å². The second kappa shape index (κ2) is 4.32. The molecular weight excluding hydrogens is 229 g/mol. The molecule has 0 atom stereocenters. The third kappa shape index (κ3) is 1.95. The molecule has 1 fully saturated rings. The molecule has 1 aromatic rings. The van der Waals surface area contributed by atoms with Crippen molar-refractivity contribution in [1.82, 2.24) is 0 Å². The summed E-state index contributed by atoms with van der Waals surface area (Å²) >= 11 is 5.87.